The number of aromatic nitrogens is 3. The summed E-state index contributed by atoms with van der Waals surface area (Å²) < 4.78 is 5.17. The second kappa shape index (κ2) is 4.59. The number of nitrogens with one attached hydrogen (secondary N) is 1. The number of hydrogen-bond donors (Lipinski definition) is 1. The average Bonchev–Trinajstić information content (AvgIpc) is 2.83. The van der Waals surface area contributed by atoms with Crippen molar-refractivity contribution in [3.05, 3.63) is 22.0 Å². The standard InChI is InChI=1S/C8H9ClN4OS/c1-5-3-10-7(15-5)4-11-8-13-12-6(2-9)14-8/h3H,2,4H2,1H3,(H,11,13). The minimum Gasteiger partial charge on any atom is -0.407 e. The van der Waals surface area contributed by atoms with Crippen molar-refractivity contribution < 1.29 is 4.42 Å². The van der Waals surface area contributed by atoms with Gasteiger partial charge >= 0.3 is 6.01 Å². The van der Waals surface area contributed by atoms with Gasteiger partial charge in [-0.25, -0.2) is 4.98 Å². The largest absolute Gasteiger partial charge is 0.407 e. The monoisotopic (exact) mass is 244 g/mol. The molecular weight excluding hydrogens is 236 g/mol. The summed E-state index contributed by atoms with van der Waals surface area (Å²) >= 11 is 7.16. The fraction of sp³-hybridized carbons (Fsp3) is 0.375. The normalized spacial score (nSPS) is 10.5. The number of halogens is 1. The molecule has 0 bridgehead atoms. The van der Waals surface area contributed by atoms with E-state index in [0.717, 1.165) is 5.01 Å². The van der Waals surface area contributed by atoms with Crippen LogP contribution in [0.1, 0.15) is 15.8 Å². The van der Waals surface area contributed by atoms with E-state index in [-0.39, 0.29) is 5.88 Å². The number of alkyl halides is 1. The number of nitrogens with zero attached hydrogens (tertiary/aromatic N) is 3. The first-order valence-corrected chi connectivity index (χ1v) is 5.66. The molecule has 0 aliphatic rings. The molecule has 0 unspecified atom stereocenters. The molecule has 0 fully saturated rings. The molecule has 2 heterocycles. The highest BCUT2D eigenvalue weighted by atomic mass is 35.5. The van der Waals surface area contributed by atoms with Crippen molar-refractivity contribution in [1.82, 2.24) is 15.2 Å². The molecule has 0 saturated heterocycles. The predicted octanol–water partition coefficient (Wildman–Crippen LogP) is 2.19. The van der Waals surface area contributed by atoms with E-state index in [1.807, 2.05) is 13.1 Å². The Kier molecular flexibility index (Phi) is 3.17. The van der Waals surface area contributed by atoms with Gasteiger partial charge in [-0.15, -0.1) is 28.0 Å². The van der Waals surface area contributed by atoms with Crippen molar-refractivity contribution in [2.75, 3.05) is 5.32 Å². The summed E-state index contributed by atoms with van der Waals surface area (Å²) in [7, 11) is 0. The Bertz CT molecular complexity index is 441. The van der Waals surface area contributed by atoms with E-state index in [9.17, 15) is 0 Å². The Morgan fingerprint density at radius 1 is 1.53 bits per heavy atom. The van der Waals surface area contributed by atoms with Crippen LogP contribution in [-0.4, -0.2) is 15.2 Å². The zero-order chi connectivity index (χ0) is 10.7. The Labute approximate surface area is 95.5 Å². The minimum atomic E-state index is 0.227. The highest BCUT2D eigenvalue weighted by Crippen LogP contribution is 2.13. The Morgan fingerprint density at radius 3 is 3.00 bits per heavy atom. The van der Waals surface area contributed by atoms with Gasteiger partial charge in [-0.3, -0.25) is 0 Å². The van der Waals surface area contributed by atoms with Gasteiger partial charge in [0.05, 0.1) is 6.54 Å². The summed E-state index contributed by atoms with van der Waals surface area (Å²) in [6.45, 7) is 2.60. The molecule has 7 heteroatoms. The molecule has 5 nitrogen and oxygen atoms in total. The van der Waals surface area contributed by atoms with Crippen molar-refractivity contribution in [2.45, 2.75) is 19.3 Å². The fourth-order valence-electron chi connectivity index (χ4n) is 1.01. The molecule has 0 radical (unpaired) electrons. The van der Waals surface area contributed by atoms with Crippen LogP contribution in [-0.2, 0) is 12.4 Å². The van der Waals surface area contributed by atoms with Crippen molar-refractivity contribution in [1.29, 1.82) is 0 Å². The number of rotatable bonds is 4. The molecule has 2 rings (SSSR count). The highest BCUT2D eigenvalue weighted by molar-refractivity contribution is 7.11. The van der Waals surface area contributed by atoms with Crippen molar-refractivity contribution in [3.63, 3.8) is 0 Å². The Hall–Kier alpha value is -1.14. The van der Waals surface area contributed by atoms with Gasteiger partial charge in [0.2, 0.25) is 5.89 Å². The third-order valence-electron chi connectivity index (χ3n) is 1.64. The van der Waals surface area contributed by atoms with Crippen LogP contribution in [0.25, 0.3) is 0 Å². The second-order valence-corrected chi connectivity index (χ2v) is 4.44. The Balaban J connectivity index is 1.93. The molecule has 0 aliphatic carbocycles. The molecule has 15 heavy (non-hydrogen) atoms. The van der Waals surface area contributed by atoms with Gasteiger partial charge in [0.15, 0.2) is 0 Å². The third-order valence-corrected chi connectivity index (χ3v) is 2.78. The molecule has 0 aromatic carbocycles. The maximum Gasteiger partial charge on any atom is 0.315 e. The molecule has 0 aliphatic heterocycles. The van der Waals surface area contributed by atoms with E-state index in [1.165, 1.54) is 4.88 Å². The Morgan fingerprint density at radius 2 is 2.40 bits per heavy atom. The molecule has 0 spiro atoms. The number of thiazole rings is 1. The van der Waals surface area contributed by atoms with Gasteiger partial charge in [0.1, 0.15) is 10.9 Å². The van der Waals surface area contributed by atoms with E-state index >= 15 is 0 Å². The lowest BCUT2D eigenvalue weighted by molar-refractivity contribution is 0.525. The van der Waals surface area contributed by atoms with E-state index in [4.69, 9.17) is 16.0 Å². The van der Waals surface area contributed by atoms with E-state index in [0.29, 0.717) is 18.5 Å². The van der Waals surface area contributed by atoms with Crippen LogP contribution in [0.15, 0.2) is 10.6 Å². The summed E-state index contributed by atoms with van der Waals surface area (Å²) in [6, 6.07) is 0.374. The molecule has 0 amide bonds. The van der Waals surface area contributed by atoms with Crippen LogP contribution in [0.3, 0.4) is 0 Å². The smallest absolute Gasteiger partial charge is 0.315 e. The summed E-state index contributed by atoms with van der Waals surface area (Å²) in [5.41, 5.74) is 0. The summed E-state index contributed by atoms with van der Waals surface area (Å²) in [5, 5.41) is 11.5. The van der Waals surface area contributed by atoms with Crippen LogP contribution in [0.2, 0.25) is 0 Å². The lowest BCUT2D eigenvalue weighted by Crippen LogP contribution is -1.98. The lowest BCUT2D eigenvalue weighted by atomic mass is 10.6. The number of hydrogen-bond acceptors (Lipinski definition) is 6. The number of anilines is 1. The van der Waals surface area contributed by atoms with E-state index < -0.39 is 0 Å². The second-order valence-electron chi connectivity index (χ2n) is 2.85. The average molecular weight is 245 g/mol. The van der Waals surface area contributed by atoms with Crippen molar-refractivity contribution >= 4 is 29.0 Å². The van der Waals surface area contributed by atoms with Gasteiger partial charge in [0, 0.05) is 11.1 Å². The van der Waals surface area contributed by atoms with E-state index in [2.05, 4.69) is 20.5 Å². The van der Waals surface area contributed by atoms with Gasteiger partial charge in [-0.1, -0.05) is 5.10 Å². The molecule has 2 aromatic heterocycles. The third kappa shape index (κ3) is 2.66. The fourth-order valence-corrected chi connectivity index (χ4v) is 1.85. The zero-order valence-electron chi connectivity index (χ0n) is 8.03. The van der Waals surface area contributed by atoms with Crippen LogP contribution < -0.4 is 5.32 Å². The van der Waals surface area contributed by atoms with E-state index in [1.54, 1.807) is 11.3 Å². The first-order chi connectivity index (χ1) is 7.28. The predicted molar refractivity (Wildman–Crippen MR) is 58.0 cm³/mol. The van der Waals surface area contributed by atoms with Gasteiger partial charge in [-0.05, 0) is 6.92 Å². The van der Waals surface area contributed by atoms with Crippen LogP contribution in [0.5, 0.6) is 0 Å². The molecule has 0 saturated carbocycles. The lowest BCUT2D eigenvalue weighted by Gasteiger charge is -1.95. The molecule has 80 valence electrons. The zero-order valence-corrected chi connectivity index (χ0v) is 9.60. The first-order valence-electron chi connectivity index (χ1n) is 4.31. The summed E-state index contributed by atoms with van der Waals surface area (Å²) in [4.78, 5) is 5.38. The van der Waals surface area contributed by atoms with Gasteiger partial charge in [-0.2, -0.15) is 0 Å². The molecule has 2 aromatic rings. The van der Waals surface area contributed by atoms with Crippen LogP contribution >= 0.6 is 22.9 Å². The summed E-state index contributed by atoms with van der Waals surface area (Å²) in [6.07, 6.45) is 1.83. The molecular formula is C8H9ClN4OS. The molecule has 1 N–H and O–H groups in total. The quantitative estimate of drug-likeness (QED) is 0.836. The molecule has 0 atom stereocenters. The topological polar surface area (TPSA) is 63.8 Å². The van der Waals surface area contributed by atoms with Crippen molar-refractivity contribution in [3.8, 4) is 0 Å². The maximum atomic E-state index is 5.53. The minimum absolute atomic E-state index is 0.227. The summed E-state index contributed by atoms with van der Waals surface area (Å²) in [5.74, 6) is 0.639. The van der Waals surface area contributed by atoms with Crippen LogP contribution in [0.4, 0.5) is 6.01 Å². The first kappa shape index (κ1) is 10.4. The van der Waals surface area contributed by atoms with Crippen molar-refractivity contribution in [2.24, 2.45) is 0 Å². The maximum absolute atomic E-state index is 5.53. The highest BCUT2D eigenvalue weighted by Gasteiger charge is 2.05. The SMILES string of the molecule is Cc1cnc(CNc2nnc(CCl)o2)s1. The number of aryl methyl sites for hydroxylation is 1. The van der Waals surface area contributed by atoms with Gasteiger partial charge < -0.3 is 9.73 Å². The van der Waals surface area contributed by atoms with Gasteiger partial charge in [0.25, 0.3) is 0 Å². The van der Waals surface area contributed by atoms with Crippen LogP contribution in [0, 0.1) is 6.92 Å².